The van der Waals surface area contributed by atoms with Crippen LogP contribution in [0.15, 0.2) is 42.7 Å². The number of aromatic nitrogens is 1. The number of carbonyl (C=O) groups is 2. The van der Waals surface area contributed by atoms with E-state index in [0.29, 0.717) is 17.7 Å². The standard InChI is InChI=1S/C18H21N3O2/c1-13(22)14-4-6-15(7-5-14)16-10-17(12-19-11-16)18(23)20-8-9-21(2)3/h4-7,10-12H,8-9H2,1-3H3,(H,20,23). The van der Waals surface area contributed by atoms with Gasteiger partial charge in [-0.15, -0.1) is 0 Å². The Morgan fingerprint density at radius 2 is 1.74 bits per heavy atom. The summed E-state index contributed by atoms with van der Waals surface area (Å²) >= 11 is 0. The number of ketones is 1. The predicted molar refractivity (Wildman–Crippen MR) is 90.6 cm³/mol. The number of benzene rings is 1. The fraction of sp³-hybridized carbons (Fsp3) is 0.278. The summed E-state index contributed by atoms with van der Waals surface area (Å²) in [7, 11) is 3.91. The van der Waals surface area contributed by atoms with Crippen LogP contribution in [0.4, 0.5) is 0 Å². The fourth-order valence-electron chi connectivity index (χ4n) is 2.11. The Balaban J connectivity index is 2.12. The molecule has 5 heteroatoms. The molecular weight excluding hydrogens is 290 g/mol. The zero-order valence-electron chi connectivity index (χ0n) is 13.7. The average molecular weight is 311 g/mol. The Bertz CT molecular complexity index is 694. The van der Waals surface area contributed by atoms with Crippen LogP contribution in [0, 0.1) is 0 Å². The number of hydrogen-bond donors (Lipinski definition) is 1. The van der Waals surface area contributed by atoms with Crippen molar-refractivity contribution in [3.8, 4) is 11.1 Å². The van der Waals surface area contributed by atoms with Gasteiger partial charge in [0.1, 0.15) is 0 Å². The number of hydrogen-bond acceptors (Lipinski definition) is 4. The monoisotopic (exact) mass is 311 g/mol. The van der Waals surface area contributed by atoms with Crippen LogP contribution in [0.25, 0.3) is 11.1 Å². The molecule has 0 atom stereocenters. The molecule has 0 saturated heterocycles. The van der Waals surface area contributed by atoms with E-state index >= 15 is 0 Å². The highest BCUT2D eigenvalue weighted by Gasteiger charge is 2.08. The van der Waals surface area contributed by atoms with Crippen molar-refractivity contribution >= 4 is 11.7 Å². The highest BCUT2D eigenvalue weighted by Crippen LogP contribution is 2.20. The van der Waals surface area contributed by atoms with Crippen molar-refractivity contribution in [3.63, 3.8) is 0 Å². The van der Waals surface area contributed by atoms with Gasteiger partial charge in [0.2, 0.25) is 0 Å². The van der Waals surface area contributed by atoms with Gasteiger partial charge >= 0.3 is 0 Å². The molecule has 0 unspecified atom stereocenters. The first-order valence-electron chi connectivity index (χ1n) is 7.46. The third kappa shape index (κ3) is 4.72. The van der Waals surface area contributed by atoms with Crippen molar-refractivity contribution in [2.24, 2.45) is 0 Å². The molecule has 1 heterocycles. The van der Waals surface area contributed by atoms with Crippen LogP contribution in [0.1, 0.15) is 27.6 Å². The zero-order valence-corrected chi connectivity index (χ0v) is 13.7. The van der Waals surface area contributed by atoms with Crippen molar-refractivity contribution in [3.05, 3.63) is 53.9 Å². The lowest BCUT2D eigenvalue weighted by atomic mass is 10.0. The maximum absolute atomic E-state index is 12.1. The number of likely N-dealkylation sites (N-methyl/N-ethyl adjacent to an activating group) is 1. The second-order valence-corrected chi connectivity index (χ2v) is 5.66. The normalized spacial score (nSPS) is 10.6. The van der Waals surface area contributed by atoms with Crippen molar-refractivity contribution in [1.82, 2.24) is 15.2 Å². The number of pyridine rings is 1. The lowest BCUT2D eigenvalue weighted by molar-refractivity contribution is 0.0949. The van der Waals surface area contributed by atoms with E-state index in [1.165, 1.54) is 6.92 Å². The van der Waals surface area contributed by atoms with Gasteiger partial charge in [-0.2, -0.15) is 0 Å². The summed E-state index contributed by atoms with van der Waals surface area (Å²) in [6, 6.07) is 9.09. The van der Waals surface area contributed by atoms with Crippen LogP contribution in [-0.2, 0) is 0 Å². The first-order chi connectivity index (χ1) is 11.0. The number of amides is 1. The number of rotatable bonds is 6. The summed E-state index contributed by atoms with van der Waals surface area (Å²) in [6.07, 6.45) is 3.26. The van der Waals surface area contributed by atoms with Crippen LogP contribution >= 0.6 is 0 Å². The average Bonchev–Trinajstić information content (AvgIpc) is 2.54. The molecule has 0 bridgehead atoms. The van der Waals surface area contributed by atoms with E-state index in [9.17, 15) is 9.59 Å². The predicted octanol–water partition coefficient (Wildman–Crippen LogP) is 2.24. The van der Waals surface area contributed by atoms with Gasteiger partial charge < -0.3 is 10.2 Å². The fourth-order valence-corrected chi connectivity index (χ4v) is 2.11. The first kappa shape index (κ1) is 16.8. The molecule has 120 valence electrons. The van der Waals surface area contributed by atoms with Crippen LogP contribution in [-0.4, -0.2) is 48.8 Å². The topological polar surface area (TPSA) is 62.3 Å². The molecule has 0 aliphatic heterocycles. The van der Waals surface area contributed by atoms with E-state index in [2.05, 4.69) is 10.3 Å². The maximum Gasteiger partial charge on any atom is 0.252 e. The number of nitrogens with one attached hydrogen (secondary N) is 1. The first-order valence-corrected chi connectivity index (χ1v) is 7.46. The summed E-state index contributed by atoms with van der Waals surface area (Å²) in [5.74, 6) is -0.106. The van der Waals surface area contributed by atoms with Crippen LogP contribution in [0.5, 0.6) is 0 Å². The molecule has 2 rings (SSSR count). The Morgan fingerprint density at radius 3 is 2.35 bits per heavy atom. The molecule has 2 aromatic rings. The minimum Gasteiger partial charge on any atom is -0.351 e. The van der Waals surface area contributed by atoms with Gasteiger partial charge in [-0.25, -0.2) is 0 Å². The highest BCUT2D eigenvalue weighted by molar-refractivity contribution is 5.96. The van der Waals surface area contributed by atoms with E-state index in [-0.39, 0.29) is 11.7 Å². The molecule has 0 spiro atoms. The van der Waals surface area contributed by atoms with E-state index in [0.717, 1.165) is 17.7 Å². The minimum absolute atomic E-state index is 0.0312. The van der Waals surface area contributed by atoms with Crippen molar-refractivity contribution < 1.29 is 9.59 Å². The largest absolute Gasteiger partial charge is 0.351 e. The third-order valence-electron chi connectivity index (χ3n) is 3.47. The Labute approximate surface area is 136 Å². The Hall–Kier alpha value is -2.53. The smallest absolute Gasteiger partial charge is 0.252 e. The highest BCUT2D eigenvalue weighted by atomic mass is 16.1. The SMILES string of the molecule is CC(=O)c1ccc(-c2cncc(C(=O)NCCN(C)C)c2)cc1. The molecule has 0 radical (unpaired) electrons. The van der Waals surface area contributed by atoms with Crippen LogP contribution in [0.2, 0.25) is 0 Å². The zero-order chi connectivity index (χ0) is 16.8. The molecule has 0 fully saturated rings. The molecule has 0 saturated carbocycles. The van der Waals surface area contributed by atoms with Crippen molar-refractivity contribution in [2.75, 3.05) is 27.2 Å². The van der Waals surface area contributed by atoms with Gasteiger partial charge in [-0.1, -0.05) is 24.3 Å². The van der Waals surface area contributed by atoms with Gasteiger partial charge in [-0.3, -0.25) is 14.6 Å². The summed E-state index contributed by atoms with van der Waals surface area (Å²) in [5, 5.41) is 2.87. The Morgan fingerprint density at radius 1 is 1.04 bits per heavy atom. The number of carbonyl (C=O) groups excluding carboxylic acids is 2. The van der Waals surface area contributed by atoms with Gasteiger partial charge in [0, 0.05) is 36.6 Å². The second kappa shape index (κ2) is 7.65. The molecular formula is C18H21N3O2. The van der Waals surface area contributed by atoms with Gasteiger partial charge in [0.05, 0.1) is 5.56 Å². The molecule has 23 heavy (non-hydrogen) atoms. The van der Waals surface area contributed by atoms with Gasteiger partial charge in [0.25, 0.3) is 5.91 Å². The molecule has 1 N–H and O–H groups in total. The summed E-state index contributed by atoms with van der Waals surface area (Å²) in [4.78, 5) is 29.6. The summed E-state index contributed by atoms with van der Waals surface area (Å²) in [5.41, 5.74) is 2.96. The molecule has 1 amide bonds. The van der Waals surface area contributed by atoms with E-state index < -0.39 is 0 Å². The number of nitrogens with zero attached hydrogens (tertiary/aromatic N) is 2. The van der Waals surface area contributed by atoms with E-state index in [1.807, 2.05) is 31.1 Å². The minimum atomic E-state index is -0.137. The molecule has 5 nitrogen and oxygen atoms in total. The Kier molecular flexibility index (Phi) is 5.60. The lowest BCUT2D eigenvalue weighted by Gasteiger charge is -2.10. The van der Waals surface area contributed by atoms with E-state index in [4.69, 9.17) is 0 Å². The van der Waals surface area contributed by atoms with Crippen molar-refractivity contribution in [2.45, 2.75) is 6.92 Å². The summed E-state index contributed by atoms with van der Waals surface area (Å²) in [6.45, 7) is 2.91. The van der Waals surface area contributed by atoms with Crippen LogP contribution in [0.3, 0.4) is 0 Å². The number of Topliss-reactive ketones (excluding diaryl/α,β-unsaturated/α-hetero) is 1. The lowest BCUT2D eigenvalue weighted by Crippen LogP contribution is -2.31. The molecule has 1 aromatic heterocycles. The second-order valence-electron chi connectivity index (χ2n) is 5.66. The van der Waals surface area contributed by atoms with E-state index in [1.54, 1.807) is 30.6 Å². The van der Waals surface area contributed by atoms with Gasteiger partial charge in [-0.05, 0) is 32.6 Å². The maximum atomic E-state index is 12.1. The summed E-state index contributed by atoms with van der Waals surface area (Å²) < 4.78 is 0. The molecule has 1 aromatic carbocycles. The van der Waals surface area contributed by atoms with Gasteiger partial charge in [0.15, 0.2) is 5.78 Å². The molecule has 0 aliphatic rings. The molecule has 0 aliphatic carbocycles. The van der Waals surface area contributed by atoms with Crippen molar-refractivity contribution in [1.29, 1.82) is 0 Å². The van der Waals surface area contributed by atoms with Crippen LogP contribution < -0.4 is 5.32 Å². The quantitative estimate of drug-likeness (QED) is 0.831. The third-order valence-corrected chi connectivity index (χ3v) is 3.47.